The van der Waals surface area contributed by atoms with Crippen LogP contribution in [0.1, 0.15) is 29.7 Å². The lowest BCUT2D eigenvalue weighted by molar-refractivity contribution is 0.185. The zero-order valence-corrected chi connectivity index (χ0v) is 10.9. The molecule has 1 heterocycles. The van der Waals surface area contributed by atoms with Crippen molar-refractivity contribution in [3.63, 3.8) is 0 Å². The molecule has 0 amide bonds. The Hall–Kier alpha value is -0.800. The number of halogens is 1. The van der Waals surface area contributed by atoms with Gasteiger partial charge in [-0.15, -0.1) is 11.6 Å². The molecule has 0 unspecified atom stereocenters. The highest BCUT2D eigenvalue weighted by Gasteiger charge is 2.16. The molecule has 4 heteroatoms. The Kier molecular flexibility index (Phi) is 4.24. The van der Waals surface area contributed by atoms with Gasteiger partial charge in [0.15, 0.2) is 0 Å². The molecule has 94 valence electrons. The second-order valence-corrected chi connectivity index (χ2v) is 4.70. The number of pyridine rings is 1. The van der Waals surface area contributed by atoms with E-state index in [1.807, 2.05) is 10.6 Å². The number of ether oxygens (including phenoxy) is 1. The van der Waals surface area contributed by atoms with E-state index in [9.17, 15) is 4.79 Å². The van der Waals surface area contributed by atoms with E-state index < -0.39 is 0 Å². The summed E-state index contributed by atoms with van der Waals surface area (Å²) in [4.78, 5) is 12.2. The van der Waals surface area contributed by atoms with Crippen LogP contribution in [0.5, 0.6) is 0 Å². The van der Waals surface area contributed by atoms with Crippen LogP contribution in [-0.2, 0) is 30.0 Å². The summed E-state index contributed by atoms with van der Waals surface area (Å²) in [6.45, 7) is 1.19. The normalized spacial score (nSPS) is 14.7. The van der Waals surface area contributed by atoms with Crippen LogP contribution in [0.2, 0.25) is 0 Å². The molecular weight excluding hydrogens is 238 g/mol. The van der Waals surface area contributed by atoms with Crippen molar-refractivity contribution in [1.82, 2.24) is 4.57 Å². The first-order valence-electron chi connectivity index (χ1n) is 6.07. The van der Waals surface area contributed by atoms with Gasteiger partial charge in [0.2, 0.25) is 0 Å². The number of alkyl halides is 1. The van der Waals surface area contributed by atoms with Gasteiger partial charge in [0, 0.05) is 24.9 Å². The van der Waals surface area contributed by atoms with Crippen LogP contribution in [0, 0.1) is 0 Å². The average Bonchev–Trinajstić information content (AvgIpc) is 2.37. The van der Waals surface area contributed by atoms with Gasteiger partial charge < -0.3 is 9.30 Å². The monoisotopic (exact) mass is 255 g/mol. The van der Waals surface area contributed by atoms with Gasteiger partial charge >= 0.3 is 0 Å². The third-order valence-corrected chi connectivity index (χ3v) is 3.63. The summed E-state index contributed by atoms with van der Waals surface area (Å²) in [6.07, 6.45) is 4.43. The summed E-state index contributed by atoms with van der Waals surface area (Å²) in [5.41, 5.74) is 3.25. The molecule has 1 aromatic heterocycles. The SMILES string of the molecule is COCCn1c2c(cc(CCl)c1=O)CCCC2. The van der Waals surface area contributed by atoms with Crippen molar-refractivity contribution in [1.29, 1.82) is 0 Å². The average molecular weight is 256 g/mol. The second kappa shape index (κ2) is 5.69. The lowest BCUT2D eigenvalue weighted by atomic mass is 9.94. The zero-order chi connectivity index (χ0) is 12.3. The Bertz CT molecular complexity index is 453. The fourth-order valence-corrected chi connectivity index (χ4v) is 2.65. The first kappa shape index (κ1) is 12.7. The minimum absolute atomic E-state index is 0.0534. The number of hydrogen-bond acceptors (Lipinski definition) is 2. The van der Waals surface area contributed by atoms with Crippen molar-refractivity contribution >= 4 is 11.6 Å². The van der Waals surface area contributed by atoms with Crippen molar-refractivity contribution in [2.24, 2.45) is 0 Å². The molecule has 0 aromatic carbocycles. The summed E-state index contributed by atoms with van der Waals surface area (Å²) in [7, 11) is 1.66. The van der Waals surface area contributed by atoms with Crippen molar-refractivity contribution in [2.75, 3.05) is 13.7 Å². The standard InChI is InChI=1S/C13H18ClNO2/c1-17-7-6-15-12-5-3-2-4-10(12)8-11(9-14)13(15)16/h8H,2-7,9H2,1H3. The summed E-state index contributed by atoms with van der Waals surface area (Å²) >= 11 is 5.84. The fraction of sp³-hybridized carbons (Fsp3) is 0.615. The highest BCUT2D eigenvalue weighted by atomic mass is 35.5. The maximum absolute atomic E-state index is 12.2. The Labute approximate surface area is 106 Å². The molecule has 0 saturated heterocycles. The number of rotatable bonds is 4. The molecule has 2 rings (SSSR count). The minimum atomic E-state index is 0.0534. The van der Waals surface area contributed by atoms with Gasteiger partial charge in [-0.05, 0) is 37.3 Å². The predicted octanol–water partition coefficient (Wildman–Crippen LogP) is 2.11. The molecule has 0 bridgehead atoms. The minimum Gasteiger partial charge on any atom is -0.383 e. The Morgan fingerprint density at radius 1 is 1.41 bits per heavy atom. The number of methoxy groups -OCH3 is 1. The number of fused-ring (bicyclic) bond motifs is 1. The van der Waals surface area contributed by atoms with Crippen LogP contribution in [0.25, 0.3) is 0 Å². The first-order valence-corrected chi connectivity index (χ1v) is 6.60. The lowest BCUT2D eigenvalue weighted by Gasteiger charge is -2.22. The van der Waals surface area contributed by atoms with Gasteiger partial charge in [-0.1, -0.05) is 0 Å². The van der Waals surface area contributed by atoms with Crippen molar-refractivity contribution in [3.05, 3.63) is 33.2 Å². The first-order chi connectivity index (χ1) is 8.27. The summed E-state index contributed by atoms with van der Waals surface area (Å²) in [6, 6.07) is 1.99. The zero-order valence-electron chi connectivity index (χ0n) is 10.2. The van der Waals surface area contributed by atoms with E-state index in [2.05, 4.69) is 0 Å². The van der Waals surface area contributed by atoms with Gasteiger partial charge in [0.05, 0.1) is 12.5 Å². The van der Waals surface area contributed by atoms with Crippen LogP contribution in [0.4, 0.5) is 0 Å². The van der Waals surface area contributed by atoms with Crippen LogP contribution >= 0.6 is 11.6 Å². The van der Waals surface area contributed by atoms with Gasteiger partial charge in [-0.3, -0.25) is 4.79 Å². The maximum atomic E-state index is 12.2. The number of aryl methyl sites for hydroxylation is 1. The van der Waals surface area contributed by atoms with Crippen LogP contribution < -0.4 is 5.56 Å². The lowest BCUT2D eigenvalue weighted by Crippen LogP contribution is -2.30. The highest BCUT2D eigenvalue weighted by molar-refractivity contribution is 6.17. The summed E-state index contributed by atoms with van der Waals surface area (Å²) < 4.78 is 6.93. The molecule has 1 aliphatic rings. The smallest absolute Gasteiger partial charge is 0.255 e. The largest absolute Gasteiger partial charge is 0.383 e. The summed E-state index contributed by atoms with van der Waals surface area (Å²) in [5.74, 6) is 0.291. The van der Waals surface area contributed by atoms with Crippen molar-refractivity contribution in [3.8, 4) is 0 Å². The van der Waals surface area contributed by atoms with Crippen molar-refractivity contribution < 1.29 is 4.74 Å². The Morgan fingerprint density at radius 3 is 2.88 bits per heavy atom. The molecule has 3 nitrogen and oxygen atoms in total. The van der Waals surface area contributed by atoms with Crippen LogP contribution in [-0.4, -0.2) is 18.3 Å². The highest BCUT2D eigenvalue weighted by Crippen LogP contribution is 2.21. The van der Waals surface area contributed by atoms with Crippen LogP contribution in [0.3, 0.4) is 0 Å². The molecule has 0 N–H and O–H groups in total. The van der Waals surface area contributed by atoms with E-state index in [1.54, 1.807) is 7.11 Å². The van der Waals surface area contributed by atoms with E-state index >= 15 is 0 Å². The molecule has 0 fully saturated rings. The molecule has 0 radical (unpaired) electrons. The van der Waals surface area contributed by atoms with E-state index in [0.29, 0.717) is 24.6 Å². The van der Waals surface area contributed by atoms with Crippen molar-refractivity contribution in [2.45, 2.75) is 38.1 Å². The molecule has 17 heavy (non-hydrogen) atoms. The predicted molar refractivity (Wildman–Crippen MR) is 68.8 cm³/mol. The number of nitrogens with zero attached hydrogens (tertiary/aromatic N) is 1. The number of aromatic nitrogens is 1. The molecule has 1 aliphatic carbocycles. The van der Waals surface area contributed by atoms with E-state index in [1.165, 1.54) is 24.1 Å². The summed E-state index contributed by atoms with van der Waals surface area (Å²) in [5, 5.41) is 0. The third kappa shape index (κ3) is 2.55. The second-order valence-electron chi connectivity index (χ2n) is 4.43. The van der Waals surface area contributed by atoms with Crippen LogP contribution in [0.15, 0.2) is 10.9 Å². The van der Waals surface area contributed by atoms with Gasteiger partial charge in [0.25, 0.3) is 5.56 Å². The maximum Gasteiger partial charge on any atom is 0.255 e. The van der Waals surface area contributed by atoms with Gasteiger partial charge in [0.1, 0.15) is 0 Å². The fourth-order valence-electron chi connectivity index (χ4n) is 2.46. The third-order valence-electron chi connectivity index (χ3n) is 3.34. The Balaban J connectivity index is 2.48. The topological polar surface area (TPSA) is 31.2 Å². The molecule has 1 aromatic rings. The molecule has 0 saturated carbocycles. The van der Waals surface area contributed by atoms with E-state index in [0.717, 1.165) is 12.8 Å². The Morgan fingerprint density at radius 2 is 2.18 bits per heavy atom. The molecule has 0 spiro atoms. The number of hydrogen-bond donors (Lipinski definition) is 0. The molecule has 0 aliphatic heterocycles. The van der Waals surface area contributed by atoms with E-state index in [4.69, 9.17) is 16.3 Å². The molecule has 0 atom stereocenters. The van der Waals surface area contributed by atoms with Gasteiger partial charge in [-0.2, -0.15) is 0 Å². The van der Waals surface area contributed by atoms with E-state index in [-0.39, 0.29) is 5.56 Å². The quantitative estimate of drug-likeness (QED) is 0.772. The van der Waals surface area contributed by atoms with Gasteiger partial charge in [-0.25, -0.2) is 0 Å². The molecular formula is C13H18ClNO2.